The number of para-hydroxylation sites is 1. The normalized spacial score (nSPS) is 18.2. The molecule has 2 aliphatic rings. The van der Waals surface area contributed by atoms with Crippen molar-refractivity contribution < 1.29 is 5.32 Å². The van der Waals surface area contributed by atoms with Crippen molar-refractivity contribution in [1.82, 2.24) is 4.90 Å². The van der Waals surface area contributed by atoms with Gasteiger partial charge in [0, 0.05) is 24.0 Å². The average Bonchev–Trinajstić information content (AvgIpc) is 2.77. The second kappa shape index (κ2) is 10.3. The molecule has 2 N–H and O–H groups in total. The van der Waals surface area contributed by atoms with Gasteiger partial charge in [0.2, 0.25) is 0 Å². The molecule has 1 aliphatic heterocycles. The average molecular weight is 383 g/mol. The predicted molar refractivity (Wildman–Crippen MR) is 121 cm³/mol. The van der Waals surface area contributed by atoms with Gasteiger partial charge in [-0.15, -0.1) is 0 Å². The van der Waals surface area contributed by atoms with E-state index in [9.17, 15) is 5.26 Å². The molecule has 0 amide bonds. The fourth-order valence-electron chi connectivity index (χ4n) is 3.46. The smallest absolute Gasteiger partial charge is 0.136 e. The van der Waals surface area contributed by atoms with Crippen LogP contribution in [0.3, 0.4) is 0 Å². The Bertz CT molecular complexity index is 991. The molecular formula is C26H28N3+. The summed E-state index contributed by atoms with van der Waals surface area (Å²) < 4.78 is 0. The molecule has 0 fully saturated rings. The first kappa shape index (κ1) is 20.4. The Morgan fingerprint density at radius 1 is 1.17 bits per heavy atom. The van der Waals surface area contributed by atoms with Gasteiger partial charge < -0.3 is 10.2 Å². The highest BCUT2D eigenvalue weighted by Gasteiger charge is 2.17. The Balaban J connectivity index is 1.64. The van der Waals surface area contributed by atoms with Crippen LogP contribution in [0.25, 0.3) is 6.08 Å². The van der Waals surface area contributed by atoms with Gasteiger partial charge in [-0.25, -0.2) is 0 Å². The molecule has 29 heavy (non-hydrogen) atoms. The third-order valence-electron chi connectivity index (χ3n) is 5.08. The van der Waals surface area contributed by atoms with Gasteiger partial charge >= 0.3 is 0 Å². The Morgan fingerprint density at radius 3 is 2.83 bits per heavy atom. The van der Waals surface area contributed by atoms with Crippen molar-refractivity contribution in [1.29, 1.82) is 5.26 Å². The first-order valence-electron chi connectivity index (χ1n) is 10.1. The monoisotopic (exact) mass is 382 g/mol. The molecular weight excluding hydrogens is 354 g/mol. The molecule has 0 atom stereocenters. The van der Waals surface area contributed by atoms with Crippen LogP contribution in [0.4, 0.5) is 5.69 Å². The predicted octanol–water partition coefficient (Wildman–Crippen LogP) is 4.91. The highest BCUT2D eigenvalue weighted by atomic mass is 15.1. The van der Waals surface area contributed by atoms with E-state index in [4.69, 9.17) is 0 Å². The Labute approximate surface area is 174 Å². The molecule has 0 spiro atoms. The Morgan fingerprint density at radius 2 is 2.00 bits per heavy atom. The molecule has 3 rings (SSSR count). The van der Waals surface area contributed by atoms with Crippen molar-refractivity contribution in [2.75, 3.05) is 14.1 Å². The zero-order valence-corrected chi connectivity index (χ0v) is 17.2. The molecule has 146 valence electrons. The molecule has 1 aromatic carbocycles. The molecule has 1 aliphatic carbocycles. The van der Waals surface area contributed by atoms with Crippen LogP contribution in [0.1, 0.15) is 24.8 Å². The number of nitrogens with two attached hydrogens (primary N) is 1. The molecule has 0 saturated carbocycles. The van der Waals surface area contributed by atoms with Crippen molar-refractivity contribution in [3.05, 3.63) is 107 Å². The van der Waals surface area contributed by atoms with Gasteiger partial charge in [0.05, 0.1) is 18.7 Å². The largest absolute Gasteiger partial charge is 0.344 e. The van der Waals surface area contributed by atoms with E-state index in [0.717, 1.165) is 25.0 Å². The second-order valence-corrected chi connectivity index (χ2v) is 7.00. The zero-order chi connectivity index (χ0) is 20.5. The molecule has 0 bridgehead atoms. The van der Waals surface area contributed by atoms with E-state index in [1.54, 1.807) is 0 Å². The standard InChI is InChI=1S/C26H27N3/c1-28-25-14-8-6-12-22(25)11-5-3-4-10-21(20-27)16-18-24-19-17-23-13-7-9-15-26(23)29(24)2/h4-6,8,10-19,28H,3,7,9H2,1-2H3/p+1/b10-4+,11-5-,21-16-,24-18+. The SMILES string of the molecule is C[NH2+]c1ccccc1/C=C\C/C=C/C(C#N)=C/C=C1\C=CC2=CCCC=C2N1C. The number of nitrogens with zero attached hydrogens (tertiary/aromatic N) is 2. The molecule has 0 unspecified atom stereocenters. The van der Waals surface area contributed by atoms with Gasteiger partial charge in [0.15, 0.2) is 0 Å². The summed E-state index contributed by atoms with van der Waals surface area (Å²) in [5.41, 5.74) is 6.71. The van der Waals surface area contributed by atoms with Crippen LogP contribution in [0, 0.1) is 11.3 Å². The minimum atomic E-state index is 0.647. The third-order valence-corrected chi connectivity index (χ3v) is 5.08. The van der Waals surface area contributed by atoms with E-state index in [2.05, 4.69) is 71.9 Å². The quantitative estimate of drug-likeness (QED) is 0.431. The summed E-state index contributed by atoms with van der Waals surface area (Å²) in [6.07, 6.45) is 23.8. The maximum Gasteiger partial charge on any atom is 0.136 e. The maximum absolute atomic E-state index is 9.44. The fraction of sp³-hybridized carbons (Fsp3) is 0.192. The summed E-state index contributed by atoms with van der Waals surface area (Å²) in [5.74, 6) is 0. The minimum absolute atomic E-state index is 0.647. The number of rotatable bonds is 6. The van der Waals surface area contributed by atoms with Crippen molar-refractivity contribution in [2.24, 2.45) is 0 Å². The third kappa shape index (κ3) is 5.34. The van der Waals surface area contributed by atoms with Crippen LogP contribution in [-0.4, -0.2) is 19.0 Å². The van der Waals surface area contributed by atoms with Crippen molar-refractivity contribution in [3.63, 3.8) is 0 Å². The zero-order valence-electron chi connectivity index (χ0n) is 17.2. The van der Waals surface area contributed by atoms with E-state index in [1.807, 2.05) is 43.5 Å². The summed E-state index contributed by atoms with van der Waals surface area (Å²) in [4.78, 5) is 2.19. The summed E-state index contributed by atoms with van der Waals surface area (Å²) in [6, 6.07) is 10.6. The molecule has 3 heteroatoms. The Hall–Kier alpha value is -3.35. The number of hydrogen-bond donors (Lipinski definition) is 1. The van der Waals surface area contributed by atoms with Crippen molar-refractivity contribution >= 4 is 11.8 Å². The van der Waals surface area contributed by atoms with E-state index < -0.39 is 0 Å². The van der Waals surface area contributed by atoms with Crippen LogP contribution < -0.4 is 5.32 Å². The maximum atomic E-state index is 9.44. The lowest BCUT2D eigenvalue weighted by Gasteiger charge is -2.30. The van der Waals surface area contributed by atoms with E-state index in [1.165, 1.54) is 22.5 Å². The number of likely N-dealkylation sites (N-methyl/N-ethyl adjacent to an activating group) is 1. The van der Waals surface area contributed by atoms with E-state index in [-0.39, 0.29) is 0 Å². The first-order valence-corrected chi connectivity index (χ1v) is 10.1. The summed E-state index contributed by atoms with van der Waals surface area (Å²) in [5, 5.41) is 11.5. The van der Waals surface area contributed by atoms with E-state index >= 15 is 0 Å². The van der Waals surface area contributed by atoms with E-state index in [0.29, 0.717) is 5.57 Å². The molecule has 3 nitrogen and oxygen atoms in total. The van der Waals surface area contributed by atoms with Gasteiger partial charge in [-0.3, -0.25) is 0 Å². The number of hydrogen-bond acceptors (Lipinski definition) is 2. The molecule has 0 saturated heterocycles. The Kier molecular flexibility index (Phi) is 7.22. The highest BCUT2D eigenvalue weighted by molar-refractivity contribution is 5.60. The van der Waals surface area contributed by atoms with Gasteiger partial charge in [0.25, 0.3) is 0 Å². The van der Waals surface area contributed by atoms with Crippen LogP contribution in [0.5, 0.6) is 0 Å². The summed E-state index contributed by atoms with van der Waals surface area (Å²) in [7, 11) is 4.12. The van der Waals surface area contributed by atoms with Crippen LogP contribution >= 0.6 is 0 Å². The fourth-order valence-corrected chi connectivity index (χ4v) is 3.46. The van der Waals surface area contributed by atoms with Gasteiger partial charge in [-0.2, -0.15) is 5.26 Å². The summed E-state index contributed by atoms with van der Waals surface area (Å²) in [6.45, 7) is 0. The second-order valence-electron chi connectivity index (χ2n) is 7.00. The number of allylic oxidation sites excluding steroid dienone is 10. The first-order chi connectivity index (χ1) is 14.2. The van der Waals surface area contributed by atoms with Gasteiger partial charge in [-0.1, -0.05) is 48.6 Å². The number of benzene rings is 1. The number of fused-ring (bicyclic) bond motifs is 1. The summed E-state index contributed by atoms with van der Waals surface area (Å²) >= 11 is 0. The molecule has 1 heterocycles. The molecule has 1 aromatic rings. The van der Waals surface area contributed by atoms with Gasteiger partial charge in [-0.05, 0) is 61.3 Å². The number of quaternary nitrogens is 1. The van der Waals surface area contributed by atoms with Crippen LogP contribution in [0.15, 0.2) is 101 Å². The van der Waals surface area contributed by atoms with Crippen LogP contribution in [0.2, 0.25) is 0 Å². The lowest BCUT2D eigenvalue weighted by molar-refractivity contribution is -0.539. The molecule has 0 aromatic heterocycles. The number of nitriles is 1. The molecule has 0 radical (unpaired) electrons. The van der Waals surface area contributed by atoms with Gasteiger partial charge in [0.1, 0.15) is 5.69 Å². The van der Waals surface area contributed by atoms with Crippen molar-refractivity contribution in [3.8, 4) is 6.07 Å². The van der Waals surface area contributed by atoms with Crippen LogP contribution in [-0.2, 0) is 0 Å². The topological polar surface area (TPSA) is 43.6 Å². The lowest BCUT2D eigenvalue weighted by Crippen LogP contribution is -2.73. The minimum Gasteiger partial charge on any atom is -0.344 e. The van der Waals surface area contributed by atoms with Crippen molar-refractivity contribution in [2.45, 2.75) is 19.3 Å². The lowest BCUT2D eigenvalue weighted by atomic mass is 9.98. The highest BCUT2D eigenvalue weighted by Crippen LogP contribution is 2.30.